The summed E-state index contributed by atoms with van der Waals surface area (Å²) in [5, 5.41) is 0. The second kappa shape index (κ2) is 5.32. The lowest BCUT2D eigenvalue weighted by atomic mass is 10.1. The van der Waals surface area contributed by atoms with Crippen molar-refractivity contribution in [3.63, 3.8) is 0 Å². The Labute approximate surface area is 109 Å². The van der Waals surface area contributed by atoms with Crippen LogP contribution in [0.5, 0.6) is 0 Å². The van der Waals surface area contributed by atoms with E-state index in [2.05, 4.69) is 0 Å². The van der Waals surface area contributed by atoms with E-state index in [1.165, 1.54) is 13.8 Å². The van der Waals surface area contributed by atoms with E-state index >= 15 is 0 Å². The van der Waals surface area contributed by atoms with Gasteiger partial charge in [-0.1, -0.05) is 19.9 Å². The van der Waals surface area contributed by atoms with Crippen LogP contribution >= 0.6 is 0 Å². The molecule has 0 saturated carbocycles. The van der Waals surface area contributed by atoms with Gasteiger partial charge in [0.15, 0.2) is 15.6 Å². The van der Waals surface area contributed by atoms with Crippen LogP contribution in [0.4, 0.5) is 13.2 Å². The van der Waals surface area contributed by atoms with Gasteiger partial charge in [0.1, 0.15) is 5.75 Å². The number of carbonyl (C=O) groups is 1. The van der Waals surface area contributed by atoms with Crippen molar-refractivity contribution < 1.29 is 26.4 Å². The highest BCUT2D eigenvalue weighted by Crippen LogP contribution is 2.30. The quantitative estimate of drug-likeness (QED) is 0.858. The second-order valence-electron chi connectivity index (χ2n) is 4.41. The summed E-state index contributed by atoms with van der Waals surface area (Å²) >= 11 is 0. The molecule has 0 amide bonds. The maximum absolute atomic E-state index is 12.5. The standard InChI is InChI=1S/C12H13F3O3S/c1-8(2)11(16)7-19(17,18)10-5-3-4-9(6-10)12(13,14)15/h3-6,8H,7H2,1-2H3. The molecule has 0 bridgehead atoms. The van der Waals surface area contributed by atoms with Crippen molar-refractivity contribution in [2.75, 3.05) is 5.75 Å². The maximum Gasteiger partial charge on any atom is 0.416 e. The van der Waals surface area contributed by atoms with Crippen molar-refractivity contribution in [2.45, 2.75) is 24.9 Å². The molecule has 0 fully saturated rings. The van der Waals surface area contributed by atoms with Crippen molar-refractivity contribution in [3.05, 3.63) is 29.8 Å². The molecule has 3 nitrogen and oxygen atoms in total. The number of hydrogen-bond acceptors (Lipinski definition) is 3. The molecule has 106 valence electrons. The van der Waals surface area contributed by atoms with Crippen molar-refractivity contribution in [3.8, 4) is 0 Å². The van der Waals surface area contributed by atoms with Crippen molar-refractivity contribution in [1.82, 2.24) is 0 Å². The molecule has 7 heteroatoms. The van der Waals surface area contributed by atoms with Crippen LogP contribution in [0.3, 0.4) is 0 Å². The van der Waals surface area contributed by atoms with Crippen LogP contribution in [0, 0.1) is 5.92 Å². The van der Waals surface area contributed by atoms with Crippen LogP contribution in [-0.2, 0) is 20.8 Å². The number of halogens is 3. The predicted octanol–water partition coefficient (Wildman–Crippen LogP) is 2.70. The Morgan fingerprint density at radius 2 is 1.84 bits per heavy atom. The summed E-state index contributed by atoms with van der Waals surface area (Å²) in [6, 6.07) is 3.39. The van der Waals surface area contributed by atoms with Crippen molar-refractivity contribution >= 4 is 15.6 Å². The Balaban J connectivity index is 3.13. The van der Waals surface area contributed by atoms with E-state index in [1.54, 1.807) is 0 Å². The molecule has 0 aliphatic heterocycles. The van der Waals surface area contributed by atoms with Gasteiger partial charge in [-0.2, -0.15) is 13.2 Å². The number of rotatable bonds is 4. The van der Waals surface area contributed by atoms with E-state index in [0.29, 0.717) is 6.07 Å². The Kier molecular flexibility index (Phi) is 4.39. The fourth-order valence-electron chi connectivity index (χ4n) is 1.30. The fourth-order valence-corrected chi connectivity index (χ4v) is 2.77. The highest BCUT2D eigenvalue weighted by molar-refractivity contribution is 7.92. The first-order valence-electron chi connectivity index (χ1n) is 5.47. The zero-order chi connectivity index (χ0) is 14.8. The Morgan fingerprint density at radius 1 is 1.26 bits per heavy atom. The van der Waals surface area contributed by atoms with Gasteiger partial charge in [0, 0.05) is 5.92 Å². The number of benzene rings is 1. The number of ketones is 1. The molecule has 0 heterocycles. The van der Waals surface area contributed by atoms with Gasteiger partial charge < -0.3 is 0 Å². The summed E-state index contributed by atoms with van der Waals surface area (Å²) < 4.78 is 61.1. The molecule has 0 N–H and O–H groups in total. The Hall–Kier alpha value is -1.37. The third-order valence-electron chi connectivity index (χ3n) is 2.50. The average molecular weight is 294 g/mol. The molecular weight excluding hydrogens is 281 g/mol. The van der Waals surface area contributed by atoms with Crippen LogP contribution in [0.1, 0.15) is 19.4 Å². The van der Waals surface area contributed by atoms with Crippen LogP contribution in [-0.4, -0.2) is 20.0 Å². The van der Waals surface area contributed by atoms with Gasteiger partial charge in [-0.15, -0.1) is 0 Å². The summed E-state index contributed by atoms with van der Waals surface area (Å²) in [7, 11) is -4.04. The average Bonchev–Trinajstić information content (AvgIpc) is 2.27. The molecule has 0 aliphatic rings. The van der Waals surface area contributed by atoms with Crippen LogP contribution in [0.15, 0.2) is 29.2 Å². The third kappa shape index (κ3) is 4.05. The van der Waals surface area contributed by atoms with E-state index in [0.717, 1.165) is 18.2 Å². The molecule has 1 aromatic rings. The lowest BCUT2D eigenvalue weighted by Gasteiger charge is -2.10. The normalized spacial score (nSPS) is 12.7. The first-order chi connectivity index (χ1) is 8.54. The minimum absolute atomic E-state index is 0.486. The SMILES string of the molecule is CC(C)C(=O)CS(=O)(=O)c1cccc(C(F)(F)F)c1. The van der Waals surface area contributed by atoms with Crippen molar-refractivity contribution in [1.29, 1.82) is 0 Å². The molecule has 0 spiro atoms. The monoisotopic (exact) mass is 294 g/mol. The van der Waals surface area contributed by atoms with Gasteiger partial charge in [-0.3, -0.25) is 4.79 Å². The van der Waals surface area contributed by atoms with Gasteiger partial charge in [0.2, 0.25) is 0 Å². The minimum Gasteiger partial charge on any atom is -0.298 e. The third-order valence-corrected chi connectivity index (χ3v) is 4.13. The Morgan fingerprint density at radius 3 is 2.32 bits per heavy atom. The summed E-state index contributed by atoms with van der Waals surface area (Å²) in [6.45, 7) is 3.06. The molecule has 1 rings (SSSR count). The number of hydrogen-bond donors (Lipinski definition) is 0. The molecule has 0 aliphatic carbocycles. The number of sulfone groups is 1. The molecular formula is C12H13F3O3S. The number of alkyl halides is 3. The minimum atomic E-state index is -4.62. The zero-order valence-corrected chi connectivity index (χ0v) is 11.2. The van der Waals surface area contributed by atoms with Crippen LogP contribution < -0.4 is 0 Å². The van der Waals surface area contributed by atoms with Crippen molar-refractivity contribution in [2.24, 2.45) is 5.92 Å². The second-order valence-corrected chi connectivity index (χ2v) is 6.40. The topological polar surface area (TPSA) is 51.2 Å². The highest BCUT2D eigenvalue weighted by Gasteiger charge is 2.32. The summed E-state index contributed by atoms with van der Waals surface area (Å²) in [6.07, 6.45) is -4.62. The first-order valence-corrected chi connectivity index (χ1v) is 7.12. The van der Waals surface area contributed by atoms with Gasteiger partial charge in [0.25, 0.3) is 0 Å². The summed E-state index contributed by atoms with van der Waals surface area (Å²) in [5.41, 5.74) is -1.05. The van der Waals surface area contributed by atoms with Gasteiger partial charge in [-0.25, -0.2) is 8.42 Å². The molecule has 0 radical (unpaired) electrons. The lowest BCUT2D eigenvalue weighted by Crippen LogP contribution is -2.20. The molecule has 0 atom stereocenters. The van der Waals surface area contributed by atoms with Gasteiger partial charge >= 0.3 is 6.18 Å². The maximum atomic E-state index is 12.5. The van der Waals surface area contributed by atoms with E-state index in [1.807, 2.05) is 0 Å². The molecule has 0 aromatic heterocycles. The summed E-state index contributed by atoms with van der Waals surface area (Å²) in [5.74, 6) is -1.80. The fraction of sp³-hybridized carbons (Fsp3) is 0.417. The first kappa shape index (κ1) is 15.7. The number of Topliss-reactive ketones (excluding diaryl/α,β-unsaturated/α-hetero) is 1. The highest BCUT2D eigenvalue weighted by atomic mass is 32.2. The van der Waals surface area contributed by atoms with Gasteiger partial charge in [-0.05, 0) is 18.2 Å². The van der Waals surface area contributed by atoms with Crippen LogP contribution in [0.2, 0.25) is 0 Å². The molecule has 19 heavy (non-hydrogen) atoms. The number of carbonyl (C=O) groups excluding carboxylic acids is 1. The lowest BCUT2D eigenvalue weighted by molar-refractivity contribution is -0.137. The summed E-state index contributed by atoms with van der Waals surface area (Å²) in [4.78, 5) is 10.9. The van der Waals surface area contributed by atoms with E-state index in [9.17, 15) is 26.4 Å². The van der Waals surface area contributed by atoms with E-state index in [-0.39, 0.29) is 0 Å². The zero-order valence-electron chi connectivity index (χ0n) is 10.4. The van der Waals surface area contributed by atoms with Crippen LogP contribution in [0.25, 0.3) is 0 Å². The molecule has 0 saturated heterocycles. The largest absolute Gasteiger partial charge is 0.416 e. The van der Waals surface area contributed by atoms with E-state index < -0.39 is 43.9 Å². The van der Waals surface area contributed by atoms with Gasteiger partial charge in [0.05, 0.1) is 10.5 Å². The predicted molar refractivity (Wildman–Crippen MR) is 63.3 cm³/mol. The molecule has 0 unspecified atom stereocenters. The molecule has 1 aromatic carbocycles. The smallest absolute Gasteiger partial charge is 0.298 e. The Bertz CT molecular complexity index is 574. The van der Waals surface area contributed by atoms with E-state index in [4.69, 9.17) is 0 Å².